The van der Waals surface area contributed by atoms with Gasteiger partial charge in [-0.3, -0.25) is 0 Å². The molecule has 1 aromatic carbocycles. The number of hydrogen-bond acceptors (Lipinski definition) is 1. The molecule has 72 valence electrons. The Kier molecular flexibility index (Phi) is 2.71. The largest absolute Gasteiger partial charge is 0.300 e. The normalized spacial score (nSPS) is 25.4. The Morgan fingerprint density at radius 3 is 2.50 bits per heavy atom. The van der Waals surface area contributed by atoms with E-state index in [1.54, 1.807) is 0 Å². The first-order chi connectivity index (χ1) is 6.81. The third kappa shape index (κ3) is 1.74. The molecule has 0 heterocycles. The minimum atomic E-state index is 0.352. The maximum Gasteiger partial charge on any atom is 0.128 e. The van der Waals surface area contributed by atoms with E-state index < -0.39 is 0 Å². The molecule has 0 radical (unpaired) electrons. The van der Waals surface area contributed by atoms with Crippen molar-refractivity contribution in [2.75, 3.05) is 0 Å². The van der Waals surface area contributed by atoms with E-state index in [2.05, 4.69) is 24.3 Å². The maximum atomic E-state index is 11.4. The molecule has 2 rings (SSSR count). The van der Waals surface area contributed by atoms with E-state index in [4.69, 9.17) is 0 Å². The fourth-order valence-electron chi connectivity index (χ4n) is 2.17. The molecule has 1 fully saturated rings. The smallest absolute Gasteiger partial charge is 0.128 e. The van der Waals surface area contributed by atoms with Gasteiger partial charge in [-0.15, -0.1) is 0 Å². The van der Waals surface area contributed by atoms with Gasteiger partial charge < -0.3 is 4.79 Å². The van der Waals surface area contributed by atoms with Crippen molar-refractivity contribution >= 4 is 13.6 Å². The van der Waals surface area contributed by atoms with Crippen molar-refractivity contribution in [2.24, 2.45) is 5.92 Å². The first-order valence-corrected chi connectivity index (χ1v) is 5.39. The first kappa shape index (κ1) is 9.51. The fourth-order valence-corrected chi connectivity index (χ4v) is 2.17. The van der Waals surface area contributed by atoms with E-state index in [-0.39, 0.29) is 0 Å². The molecular formula is C12H15BO. The lowest BCUT2D eigenvalue weighted by atomic mass is 9.68. The molecule has 1 nitrogen and oxygen atoms in total. The summed E-state index contributed by atoms with van der Waals surface area (Å²) in [6.45, 7) is 0. The van der Waals surface area contributed by atoms with Crippen LogP contribution in [0.5, 0.6) is 0 Å². The van der Waals surface area contributed by atoms with Gasteiger partial charge in [0, 0.05) is 5.92 Å². The summed E-state index contributed by atoms with van der Waals surface area (Å²) in [4.78, 5) is 11.4. The zero-order valence-electron chi connectivity index (χ0n) is 8.57. The van der Waals surface area contributed by atoms with Crippen molar-refractivity contribution in [3.63, 3.8) is 0 Å². The van der Waals surface area contributed by atoms with Crippen LogP contribution < -0.4 is 0 Å². The quantitative estimate of drug-likeness (QED) is 0.657. The van der Waals surface area contributed by atoms with Crippen molar-refractivity contribution in [3.05, 3.63) is 35.9 Å². The maximum absolute atomic E-state index is 11.4. The number of hydrogen-bond donors (Lipinski definition) is 0. The average molecular weight is 186 g/mol. The molecule has 14 heavy (non-hydrogen) atoms. The molecule has 1 aliphatic carbocycles. The van der Waals surface area contributed by atoms with Gasteiger partial charge >= 0.3 is 0 Å². The Bertz CT molecular complexity index is 314. The summed E-state index contributed by atoms with van der Waals surface area (Å²) in [6, 6.07) is 10.5. The fraction of sp³-hybridized carbons (Fsp3) is 0.417. The van der Waals surface area contributed by atoms with Crippen LogP contribution in [0.25, 0.3) is 0 Å². The predicted molar refractivity (Wildman–Crippen MR) is 60.3 cm³/mol. The average Bonchev–Trinajstić information content (AvgIpc) is 2.17. The molecule has 0 bridgehead atoms. The van der Waals surface area contributed by atoms with Crippen molar-refractivity contribution < 1.29 is 4.79 Å². The molecule has 0 unspecified atom stereocenters. The number of benzene rings is 1. The highest BCUT2D eigenvalue weighted by Crippen LogP contribution is 2.42. The summed E-state index contributed by atoms with van der Waals surface area (Å²) in [5.41, 5.74) is 1.40. The Morgan fingerprint density at radius 1 is 1.29 bits per heavy atom. The highest BCUT2D eigenvalue weighted by atomic mass is 16.1. The van der Waals surface area contributed by atoms with Crippen LogP contribution >= 0.6 is 0 Å². The second-order valence-corrected chi connectivity index (χ2v) is 4.10. The van der Waals surface area contributed by atoms with Gasteiger partial charge in [0.2, 0.25) is 0 Å². The standard InChI is InChI=1S/C12H15BO/c13-8-12(14)11-6-10(7-11)9-4-2-1-3-5-9/h1-5,10-11H,6-8,13H2. The third-order valence-electron chi connectivity index (χ3n) is 3.21. The molecule has 0 aliphatic heterocycles. The molecule has 0 amide bonds. The van der Waals surface area contributed by atoms with Crippen LogP contribution in [-0.4, -0.2) is 13.6 Å². The van der Waals surface area contributed by atoms with Gasteiger partial charge in [-0.25, -0.2) is 0 Å². The van der Waals surface area contributed by atoms with Crippen LogP contribution in [0.1, 0.15) is 24.3 Å². The lowest BCUT2D eigenvalue weighted by Gasteiger charge is -2.34. The molecule has 1 aliphatic rings. The zero-order chi connectivity index (χ0) is 9.97. The molecule has 1 aromatic rings. The van der Waals surface area contributed by atoms with Crippen molar-refractivity contribution in [3.8, 4) is 0 Å². The molecule has 0 spiro atoms. The van der Waals surface area contributed by atoms with Crippen LogP contribution in [0.3, 0.4) is 0 Å². The molecule has 2 heteroatoms. The predicted octanol–water partition coefficient (Wildman–Crippen LogP) is 1.80. The van der Waals surface area contributed by atoms with E-state index in [1.165, 1.54) is 5.56 Å². The third-order valence-corrected chi connectivity index (χ3v) is 3.21. The molecular weight excluding hydrogens is 171 g/mol. The van der Waals surface area contributed by atoms with E-state index in [9.17, 15) is 4.79 Å². The highest BCUT2D eigenvalue weighted by molar-refractivity contribution is 6.20. The van der Waals surface area contributed by atoms with Crippen LogP contribution in [-0.2, 0) is 4.79 Å². The zero-order valence-corrected chi connectivity index (χ0v) is 8.57. The summed E-state index contributed by atoms with van der Waals surface area (Å²) in [5.74, 6) is 1.43. The lowest BCUT2D eigenvalue weighted by molar-refractivity contribution is -0.123. The van der Waals surface area contributed by atoms with Gasteiger partial charge in [0.05, 0.1) is 0 Å². The minimum Gasteiger partial charge on any atom is -0.300 e. The topological polar surface area (TPSA) is 17.1 Å². The van der Waals surface area contributed by atoms with Gasteiger partial charge in [0.1, 0.15) is 13.6 Å². The minimum absolute atomic E-state index is 0.352. The van der Waals surface area contributed by atoms with Crippen molar-refractivity contribution in [2.45, 2.75) is 25.1 Å². The second-order valence-electron chi connectivity index (χ2n) is 4.10. The Hall–Kier alpha value is -1.05. The summed E-state index contributed by atoms with van der Waals surface area (Å²) in [7, 11) is 1.96. The van der Waals surface area contributed by atoms with Crippen LogP contribution in [0, 0.1) is 5.92 Å². The van der Waals surface area contributed by atoms with Gasteiger partial charge in [-0.1, -0.05) is 30.3 Å². The lowest BCUT2D eigenvalue weighted by Crippen LogP contribution is -2.28. The van der Waals surface area contributed by atoms with Gasteiger partial charge in [-0.05, 0) is 30.6 Å². The molecule has 0 saturated heterocycles. The summed E-state index contributed by atoms with van der Waals surface area (Å²) in [5, 5.41) is 0. The first-order valence-electron chi connectivity index (χ1n) is 5.39. The Labute approximate surface area is 85.9 Å². The molecule has 0 N–H and O–H groups in total. The number of rotatable bonds is 3. The number of Topliss-reactive ketones (excluding diaryl/α,β-unsaturated/α-hetero) is 1. The summed E-state index contributed by atoms with van der Waals surface area (Å²) >= 11 is 0. The van der Waals surface area contributed by atoms with Crippen molar-refractivity contribution in [1.82, 2.24) is 0 Å². The van der Waals surface area contributed by atoms with Gasteiger partial charge in [0.25, 0.3) is 0 Å². The van der Waals surface area contributed by atoms with E-state index in [0.29, 0.717) is 23.9 Å². The molecule has 0 atom stereocenters. The van der Waals surface area contributed by atoms with Crippen LogP contribution in [0.2, 0.25) is 6.32 Å². The van der Waals surface area contributed by atoms with E-state index >= 15 is 0 Å². The molecule has 0 aromatic heterocycles. The Balaban J connectivity index is 1.92. The van der Waals surface area contributed by atoms with Gasteiger partial charge in [-0.2, -0.15) is 0 Å². The van der Waals surface area contributed by atoms with E-state index in [0.717, 1.165) is 12.8 Å². The SMILES string of the molecule is BCC(=O)C1CC(c2ccccc2)C1. The van der Waals surface area contributed by atoms with E-state index in [1.807, 2.05) is 13.9 Å². The monoisotopic (exact) mass is 186 g/mol. The number of carbonyl (C=O) groups excluding carboxylic acids is 1. The van der Waals surface area contributed by atoms with Gasteiger partial charge in [0.15, 0.2) is 0 Å². The van der Waals surface area contributed by atoms with Crippen molar-refractivity contribution in [1.29, 1.82) is 0 Å². The number of ketones is 1. The van der Waals surface area contributed by atoms with Crippen LogP contribution in [0.15, 0.2) is 30.3 Å². The number of carbonyl (C=O) groups is 1. The summed E-state index contributed by atoms with van der Waals surface area (Å²) in [6.07, 6.45) is 2.83. The summed E-state index contributed by atoms with van der Waals surface area (Å²) < 4.78 is 0. The Morgan fingerprint density at radius 2 is 1.93 bits per heavy atom. The second kappa shape index (κ2) is 3.99. The highest BCUT2D eigenvalue weighted by Gasteiger charge is 2.33. The van der Waals surface area contributed by atoms with Crippen LogP contribution in [0.4, 0.5) is 0 Å². The molecule has 1 saturated carbocycles.